The van der Waals surface area contributed by atoms with E-state index in [1.807, 2.05) is 48.5 Å². The van der Waals surface area contributed by atoms with Crippen LogP contribution in [-0.4, -0.2) is 25.0 Å². The lowest BCUT2D eigenvalue weighted by atomic mass is 10.0. The summed E-state index contributed by atoms with van der Waals surface area (Å²) in [6, 6.07) is 20.1. The van der Waals surface area contributed by atoms with Crippen molar-refractivity contribution in [1.29, 1.82) is 0 Å². The fraction of sp³-hybridized carbons (Fsp3) is 0.400. The number of nitrogens with two attached hydrogens (primary N) is 1. The molecule has 3 unspecified atom stereocenters. The molecule has 3 atom stereocenters. The molecule has 24 heavy (non-hydrogen) atoms. The first kappa shape index (κ1) is 17.1. The van der Waals surface area contributed by atoms with Crippen molar-refractivity contribution in [3.8, 4) is 0 Å². The Kier molecular flexibility index (Phi) is 6.38. The monoisotopic (exact) mass is 327 g/mol. The summed E-state index contributed by atoms with van der Waals surface area (Å²) in [6.07, 6.45) is 1.46. The Morgan fingerprint density at radius 3 is 2.17 bits per heavy atom. The minimum absolute atomic E-state index is 0.0364. The highest BCUT2D eigenvalue weighted by Gasteiger charge is 2.29. The van der Waals surface area contributed by atoms with Gasteiger partial charge in [0, 0.05) is 0 Å². The molecule has 1 fully saturated rings. The van der Waals surface area contributed by atoms with Crippen LogP contribution in [0.3, 0.4) is 0 Å². The van der Waals surface area contributed by atoms with Crippen molar-refractivity contribution in [2.75, 3.05) is 6.61 Å². The Labute approximate surface area is 143 Å². The fourth-order valence-electron chi connectivity index (χ4n) is 2.79. The molecule has 0 aromatic heterocycles. The van der Waals surface area contributed by atoms with E-state index in [4.69, 9.17) is 19.9 Å². The molecule has 0 saturated carbocycles. The number of ether oxygens (including phenoxy) is 3. The Hall–Kier alpha value is -1.72. The van der Waals surface area contributed by atoms with Crippen LogP contribution < -0.4 is 5.73 Å². The lowest BCUT2D eigenvalue weighted by Crippen LogP contribution is -2.46. The van der Waals surface area contributed by atoms with Crippen LogP contribution in [0.15, 0.2) is 60.7 Å². The van der Waals surface area contributed by atoms with E-state index in [1.54, 1.807) is 0 Å². The van der Waals surface area contributed by atoms with Crippen molar-refractivity contribution in [2.24, 2.45) is 5.73 Å². The Morgan fingerprint density at radius 1 is 0.875 bits per heavy atom. The van der Waals surface area contributed by atoms with Crippen LogP contribution in [0.1, 0.15) is 24.0 Å². The molecule has 0 aliphatic carbocycles. The minimum atomic E-state index is -0.371. The van der Waals surface area contributed by atoms with Crippen LogP contribution >= 0.6 is 0 Å². The molecule has 1 saturated heterocycles. The third-order valence-corrected chi connectivity index (χ3v) is 4.17. The van der Waals surface area contributed by atoms with E-state index < -0.39 is 0 Å². The van der Waals surface area contributed by atoms with Gasteiger partial charge in [0.15, 0.2) is 6.29 Å². The second-order valence-electron chi connectivity index (χ2n) is 6.17. The number of hydrogen-bond acceptors (Lipinski definition) is 4. The van der Waals surface area contributed by atoms with Crippen LogP contribution in [0.5, 0.6) is 0 Å². The number of rotatable bonds is 7. The van der Waals surface area contributed by atoms with E-state index >= 15 is 0 Å². The Morgan fingerprint density at radius 2 is 1.50 bits per heavy atom. The van der Waals surface area contributed by atoms with Gasteiger partial charge in [0.25, 0.3) is 0 Å². The summed E-state index contributed by atoms with van der Waals surface area (Å²) in [4.78, 5) is 0. The van der Waals surface area contributed by atoms with Crippen LogP contribution in [-0.2, 0) is 27.4 Å². The SMILES string of the molecule is NC1CCC(COCc2ccccc2)OC1OCc1ccccc1. The van der Waals surface area contributed by atoms with E-state index in [1.165, 1.54) is 5.56 Å². The molecule has 3 rings (SSSR count). The standard InChI is InChI=1S/C20H25NO3/c21-19-12-11-18(15-22-13-16-7-3-1-4-8-16)24-20(19)23-14-17-9-5-2-6-10-17/h1-10,18-20H,11-15,21H2. The number of hydrogen-bond donors (Lipinski definition) is 1. The fourth-order valence-corrected chi connectivity index (χ4v) is 2.79. The molecule has 0 bridgehead atoms. The summed E-state index contributed by atoms with van der Waals surface area (Å²) in [5.74, 6) is 0. The van der Waals surface area contributed by atoms with Crippen LogP contribution in [0, 0.1) is 0 Å². The lowest BCUT2D eigenvalue weighted by Gasteiger charge is -2.34. The molecule has 1 heterocycles. The van der Waals surface area contributed by atoms with Gasteiger partial charge in [0.05, 0.1) is 32.0 Å². The summed E-state index contributed by atoms with van der Waals surface area (Å²) in [7, 11) is 0. The summed E-state index contributed by atoms with van der Waals surface area (Å²) in [5.41, 5.74) is 8.42. The van der Waals surface area contributed by atoms with E-state index in [0.717, 1.165) is 18.4 Å². The van der Waals surface area contributed by atoms with Crippen molar-refractivity contribution in [3.63, 3.8) is 0 Å². The van der Waals surface area contributed by atoms with Gasteiger partial charge in [-0.05, 0) is 24.0 Å². The molecular weight excluding hydrogens is 302 g/mol. The van der Waals surface area contributed by atoms with Gasteiger partial charge in [0.2, 0.25) is 0 Å². The topological polar surface area (TPSA) is 53.7 Å². The van der Waals surface area contributed by atoms with Gasteiger partial charge < -0.3 is 19.9 Å². The second kappa shape index (κ2) is 8.94. The third-order valence-electron chi connectivity index (χ3n) is 4.17. The van der Waals surface area contributed by atoms with Crippen molar-refractivity contribution in [2.45, 2.75) is 44.5 Å². The Balaban J connectivity index is 1.43. The van der Waals surface area contributed by atoms with Gasteiger partial charge in [-0.15, -0.1) is 0 Å². The first-order valence-corrected chi connectivity index (χ1v) is 8.49. The zero-order chi connectivity index (χ0) is 16.6. The zero-order valence-electron chi connectivity index (χ0n) is 13.8. The molecule has 2 N–H and O–H groups in total. The molecule has 0 spiro atoms. The first-order valence-electron chi connectivity index (χ1n) is 8.49. The minimum Gasteiger partial charge on any atom is -0.374 e. The van der Waals surface area contributed by atoms with Crippen LogP contribution in [0.25, 0.3) is 0 Å². The Bertz CT molecular complexity index is 590. The quantitative estimate of drug-likeness (QED) is 0.848. The summed E-state index contributed by atoms with van der Waals surface area (Å²) >= 11 is 0. The maximum absolute atomic E-state index is 6.13. The molecule has 0 amide bonds. The van der Waals surface area contributed by atoms with Gasteiger partial charge in [-0.25, -0.2) is 0 Å². The smallest absolute Gasteiger partial charge is 0.173 e. The van der Waals surface area contributed by atoms with Crippen molar-refractivity contribution in [1.82, 2.24) is 0 Å². The predicted octanol–water partition coefficient (Wildman–Crippen LogP) is 3.25. The zero-order valence-corrected chi connectivity index (χ0v) is 13.8. The summed E-state index contributed by atoms with van der Waals surface area (Å²) < 4.78 is 17.6. The molecule has 2 aromatic rings. The van der Waals surface area contributed by atoms with Gasteiger partial charge >= 0.3 is 0 Å². The van der Waals surface area contributed by atoms with Crippen LogP contribution in [0.4, 0.5) is 0 Å². The largest absolute Gasteiger partial charge is 0.374 e. The third kappa shape index (κ3) is 5.14. The maximum Gasteiger partial charge on any atom is 0.173 e. The molecule has 1 aliphatic rings. The van der Waals surface area contributed by atoms with E-state index in [2.05, 4.69) is 12.1 Å². The molecule has 2 aromatic carbocycles. The molecule has 128 valence electrons. The average molecular weight is 327 g/mol. The predicted molar refractivity (Wildman–Crippen MR) is 93.2 cm³/mol. The highest BCUT2D eigenvalue weighted by Crippen LogP contribution is 2.21. The molecule has 4 nitrogen and oxygen atoms in total. The number of benzene rings is 2. The van der Waals surface area contributed by atoms with E-state index in [0.29, 0.717) is 19.8 Å². The van der Waals surface area contributed by atoms with E-state index in [9.17, 15) is 0 Å². The molecule has 4 heteroatoms. The maximum atomic E-state index is 6.13. The normalized spacial score (nSPS) is 24.0. The molecule has 1 aliphatic heterocycles. The summed E-state index contributed by atoms with van der Waals surface area (Å²) in [6.45, 7) is 1.67. The van der Waals surface area contributed by atoms with Crippen LogP contribution in [0.2, 0.25) is 0 Å². The van der Waals surface area contributed by atoms with E-state index in [-0.39, 0.29) is 18.4 Å². The lowest BCUT2D eigenvalue weighted by molar-refractivity contribution is -0.218. The van der Waals surface area contributed by atoms with Crippen molar-refractivity contribution >= 4 is 0 Å². The second-order valence-corrected chi connectivity index (χ2v) is 6.17. The highest BCUT2D eigenvalue weighted by molar-refractivity contribution is 5.14. The first-order chi connectivity index (χ1) is 11.8. The van der Waals surface area contributed by atoms with Gasteiger partial charge in [-0.2, -0.15) is 0 Å². The van der Waals surface area contributed by atoms with Gasteiger partial charge in [-0.1, -0.05) is 60.7 Å². The molecular formula is C20H25NO3. The van der Waals surface area contributed by atoms with Crippen molar-refractivity contribution < 1.29 is 14.2 Å². The van der Waals surface area contributed by atoms with Gasteiger partial charge in [0.1, 0.15) is 0 Å². The summed E-state index contributed by atoms with van der Waals surface area (Å²) in [5, 5.41) is 0. The molecule has 0 radical (unpaired) electrons. The average Bonchev–Trinajstić information content (AvgIpc) is 2.64. The van der Waals surface area contributed by atoms with Gasteiger partial charge in [-0.3, -0.25) is 0 Å². The highest BCUT2D eigenvalue weighted by atomic mass is 16.7. The van der Waals surface area contributed by atoms with Crippen molar-refractivity contribution in [3.05, 3.63) is 71.8 Å².